The van der Waals surface area contributed by atoms with E-state index in [1.54, 1.807) is 21.1 Å². The fourth-order valence-corrected chi connectivity index (χ4v) is 2.11. The first-order chi connectivity index (χ1) is 8.65. The first-order valence-electron chi connectivity index (χ1n) is 5.74. The summed E-state index contributed by atoms with van der Waals surface area (Å²) >= 11 is 0. The molecule has 1 aliphatic rings. The normalized spacial score (nSPS) is 18.9. The van der Waals surface area contributed by atoms with Crippen LogP contribution in [0.2, 0.25) is 0 Å². The number of rotatable bonds is 3. The van der Waals surface area contributed by atoms with Crippen LogP contribution in [0.5, 0.6) is 11.5 Å². The van der Waals surface area contributed by atoms with E-state index >= 15 is 0 Å². The van der Waals surface area contributed by atoms with Gasteiger partial charge in [0.2, 0.25) is 0 Å². The van der Waals surface area contributed by atoms with E-state index in [4.69, 9.17) is 14.2 Å². The monoisotopic (exact) mass is 248 g/mol. The van der Waals surface area contributed by atoms with Crippen LogP contribution in [0.1, 0.15) is 25.0 Å². The predicted octanol–water partition coefficient (Wildman–Crippen LogP) is 2.64. The van der Waals surface area contributed by atoms with Crippen molar-refractivity contribution in [3.63, 3.8) is 0 Å². The van der Waals surface area contributed by atoms with Gasteiger partial charge in [-0.25, -0.2) is 0 Å². The molecule has 1 aromatic carbocycles. The van der Waals surface area contributed by atoms with E-state index in [1.807, 2.05) is 18.2 Å². The minimum Gasteiger partial charge on any atom is -0.493 e. The second-order valence-electron chi connectivity index (χ2n) is 4.11. The summed E-state index contributed by atoms with van der Waals surface area (Å²) < 4.78 is 16.3. The highest BCUT2D eigenvalue weighted by Gasteiger charge is 2.25. The van der Waals surface area contributed by atoms with Gasteiger partial charge in [0, 0.05) is 11.6 Å². The summed E-state index contributed by atoms with van der Waals surface area (Å²) in [4.78, 5) is 11.6. The Morgan fingerprint density at radius 3 is 2.67 bits per heavy atom. The quantitative estimate of drug-likeness (QED) is 0.824. The van der Waals surface area contributed by atoms with E-state index < -0.39 is 0 Å². The summed E-state index contributed by atoms with van der Waals surface area (Å²) in [6.45, 7) is 1.77. The number of carbonyl (C=O) groups is 1. The number of para-hydroxylation sites is 1. The molecule has 0 amide bonds. The van der Waals surface area contributed by atoms with Crippen LogP contribution >= 0.6 is 0 Å². The molecular formula is C14H16O4. The molecule has 0 saturated heterocycles. The number of carbonyl (C=O) groups excluding carboxylic acids is 1. The standard InChI is InChI=1S/C14H16O4/c1-9-7-10(15)8-13(18-9)11-5-4-6-12(16-2)14(11)17-3/h4-7,13H,8H2,1-3H3. The zero-order valence-corrected chi connectivity index (χ0v) is 10.7. The molecule has 4 nitrogen and oxygen atoms in total. The summed E-state index contributed by atoms with van der Waals surface area (Å²) in [6, 6.07) is 5.56. The molecule has 1 atom stereocenters. The Kier molecular flexibility index (Phi) is 3.55. The lowest BCUT2D eigenvalue weighted by Gasteiger charge is -2.24. The van der Waals surface area contributed by atoms with E-state index in [-0.39, 0.29) is 11.9 Å². The second-order valence-corrected chi connectivity index (χ2v) is 4.11. The molecule has 2 rings (SSSR count). The van der Waals surface area contributed by atoms with Crippen LogP contribution in [0.3, 0.4) is 0 Å². The molecule has 0 fully saturated rings. The van der Waals surface area contributed by atoms with Crippen LogP contribution in [0, 0.1) is 0 Å². The van der Waals surface area contributed by atoms with Crippen molar-refractivity contribution in [2.45, 2.75) is 19.4 Å². The first kappa shape index (κ1) is 12.5. The fourth-order valence-electron chi connectivity index (χ4n) is 2.11. The van der Waals surface area contributed by atoms with E-state index in [1.165, 1.54) is 6.08 Å². The highest BCUT2D eigenvalue weighted by atomic mass is 16.5. The predicted molar refractivity (Wildman–Crippen MR) is 66.8 cm³/mol. The van der Waals surface area contributed by atoms with Crippen LogP contribution in [0.15, 0.2) is 30.0 Å². The number of hydrogen-bond acceptors (Lipinski definition) is 4. The van der Waals surface area contributed by atoms with Gasteiger partial charge in [0.05, 0.1) is 26.4 Å². The summed E-state index contributed by atoms with van der Waals surface area (Å²) in [5.74, 6) is 1.94. The van der Waals surface area contributed by atoms with Gasteiger partial charge < -0.3 is 14.2 Å². The van der Waals surface area contributed by atoms with Gasteiger partial charge in [-0.2, -0.15) is 0 Å². The number of ether oxygens (including phenoxy) is 3. The minimum absolute atomic E-state index is 0.0635. The lowest BCUT2D eigenvalue weighted by Crippen LogP contribution is -2.15. The maximum absolute atomic E-state index is 11.6. The summed E-state index contributed by atoms with van der Waals surface area (Å²) in [7, 11) is 3.16. The second kappa shape index (κ2) is 5.12. The topological polar surface area (TPSA) is 44.8 Å². The zero-order chi connectivity index (χ0) is 13.1. The van der Waals surface area contributed by atoms with Gasteiger partial charge >= 0.3 is 0 Å². The SMILES string of the molecule is COc1cccc(C2CC(=O)C=C(C)O2)c1OC. The first-order valence-corrected chi connectivity index (χ1v) is 5.74. The zero-order valence-electron chi connectivity index (χ0n) is 10.7. The number of methoxy groups -OCH3 is 2. The molecule has 1 aliphatic heterocycles. The van der Waals surface area contributed by atoms with Crippen molar-refractivity contribution >= 4 is 5.78 Å². The third-order valence-electron chi connectivity index (χ3n) is 2.86. The van der Waals surface area contributed by atoms with Crippen molar-refractivity contribution in [2.24, 2.45) is 0 Å². The summed E-state index contributed by atoms with van der Waals surface area (Å²) in [5, 5.41) is 0. The highest BCUT2D eigenvalue weighted by molar-refractivity contribution is 5.91. The molecule has 0 saturated carbocycles. The fraction of sp³-hybridized carbons (Fsp3) is 0.357. The van der Waals surface area contributed by atoms with Crippen LogP contribution in [-0.2, 0) is 9.53 Å². The third kappa shape index (κ3) is 2.32. The smallest absolute Gasteiger partial charge is 0.167 e. The number of allylic oxidation sites excluding steroid dienone is 2. The van der Waals surface area contributed by atoms with E-state index in [2.05, 4.69) is 0 Å². The molecule has 1 unspecified atom stereocenters. The van der Waals surface area contributed by atoms with Crippen molar-refractivity contribution in [1.82, 2.24) is 0 Å². The van der Waals surface area contributed by atoms with Crippen LogP contribution in [0.4, 0.5) is 0 Å². The van der Waals surface area contributed by atoms with E-state index in [0.29, 0.717) is 23.7 Å². The molecule has 4 heteroatoms. The number of ketones is 1. The van der Waals surface area contributed by atoms with Crippen LogP contribution in [-0.4, -0.2) is 20.0 Å². The minimum atomic E-state index is -0.312. The lowest BCUT2D eigenvalue weighted by molar-refractivity contribution is -0.118. The Morgan fingerprint density at radius 1 is 1.28 bits per heavy atom. The Morgan fingerprint density at radius 2 is 2.06 bits per heavy atom. The molecule has 0 aliphatic carbocycles. The van der Waals surface area contributed by atoms with Crippen LogP contribution < -0.4 is 9.47 Å². The maximum Gasteiger partial charge on any atom is 0.167 e. The Balaban J connectivity index is 2.39. The van der Waals surface area contributed by atoms with Crippen molar-refractivity contribution in [3.8, 4) is 11.5 Å². The van der Waals surface area contributed by atoms with Gasteiger partial charge in [0.15, 0.2) is 17.3 Å². The van der Waals surface area contributed by atoms with Gasteiger partial charge in [-0.1, -0.05) is 12.1 Å². The van der Waals surface area contributed by atoms with Crippen molar-refractivity contribution in [2.75, 3.05) is 14.2 Å². The number of benzene rings is 1. The molecular weight excluding hydrogens is 232 g/mol. The molecule has 1 aromatic rings. The molecule has 18 heavy (non-hydrogen) atoms. The Labute approximate surface area is 106 Å². The van der Waals surface area contributed by atoms with Gasteiger partial charge in [-0.15, -0.1) is 0 Å². The Hall–Kier alpha value is -1.97. The largest absolute Gasteiger partial charge is 0.493 e. The molecule has 0 aromatic heterocycles. The van der Waals surface area contributed by atoms with Crippen LogP contribution in [0.25, 0.3) is 0 Å². The van der Waals surface area contributed by atoms with Crippen molar-refractivity contribution < 1.29 is 19.0 Å². The molecule has 96 valence electrons. The van der Waals surface area contributed by atoms with Gasteiger partial charge in [0.1, 0.15) is 6.10 Å². The summed E-state index contributed by atoms with van der Waals surface area (Å²) in [6.07, 6.45) is 1.52. The van der Waals surface area contributed by atoms with Gasteiger partial charge in [-0.05, 0) is 13.0 Å². The lowest BCUT2D eigenvalue weighted by atomic mass is 10.0. The van der Waals surface area contributed by atoms with E-state index in [0.717, 1.165) is 5.56 Å². The third-order valence-corrected chi connectivity index (χ3v) is 2.86. The summed E-state index contributed by atoms with van der Waals surface area (Å²) in [5.41, 5.74) is 0.831. The molecule has 0 spiro atoms. The highest BCUT2D eigenvalue weighted by Crippen LogP contribution is 2.39. The molecule has 1 heterocycles. The molecule has 0 bridgehead atoms. The average molecular weight is 248 g/mol. The average Bonchev–Trinajstić information content (AvgIpc) is 2.36. The van der Waals surface area contributed by atoms with Gasteiger partial charge in [0.25, 0.3) is 0 Å². The maximum atomic E-state index is 11.6. The molecule has 0 N–H and O–H groups in total. The van der Waals surface area contributed by atoms with Crippen molar-refractivity contribution in [1.29, 1.82) is 0 Å². The van der Waals surface area contributed by atoms with Crippen molar-refractivity contribution in [3.05, 3.63) is 35.6 Å². The Bertz CT molecular complexity index is 491. The van der Waals surface area contributed by atoms with Gasteiger partial charge in [-0.3, -0.25) is 4.79 Å². The van der Waals surface area contributed by atoms with E-state index in [9.17, 15) is 4.79 Å². The molecule has 0 radical (unpaired) electrons. The number of hydrogen-bond donors (Lipinski definition) is 0.